The molecule has 0 aliphatic rings. The summed E-state index contributed by atoms with van der Waals surface area (Å²) in [7, 11) is 0. The molecule has 0 atom stereocenters. The molecule has 28 heavy (non-hydrogen) atoms. The van der Waals surface area contributed by atoms with Gasteiger partial charge in [0.1, 0.15) is 5.75 Å². The van der Waals surface area contributed by atoms with E-state index < -0.39 is 0 Å². The first-order chi connectivity index (χ1) is 13.3. The van der Waals surface area contributed by atoms with Crippen molar-refractivity contribution in [1.82, 2.24) is 4.57 Å². The van der Waals surface area contributed by atoms with E-state index in [2.05, 4.69) is 19.2 Å². The lowest BCUT2D eigenvalue weighted by atomic mass is 10.0. The molecule has 3 rings (SSSR count). The Kier molecular flexibility index (Phi) is 5.89. The summed E-state index contributed by atoms with van der Waals surface area (Å²) in [6.45, 7) is 10.1. The fourth-order valence-corrected chi connectivity index (χ4v) is 4.24. The number of benzene rings is 2. The van der Waals surface area contributed by atoms with Crippen molar-refractivity contribution >= 4 is 33.1 Å². The van der Waals surface area contributed by atoms with Crippen molar-refractivity contribution in [3.8, 4) is 5.75 Å². The van der Waals surface area contributed by atoms with Gasteiger partial charge in [0.15, 0.2) is 6.61 Å². The number of ether oxygens (including phenoxy) is 1. The molecule has 0 aliphatic carbocycles. The van der Waals surface area contributed by atoms with E-state index in [1.165, 1.54) is 11.3 Å². The Bertz CT molecular complexity index is 1060. The van der Waals surface area contributed by atoms with Crippen LogP contribution >= 0.6 is 11.3 Å². The highest BCUT2D eigenvalue weighted by molar-refractivity contribution is 7.16. The molecule has 148 valence electrons. The Hall–Kier alpha value is -2.60. The number of rotatable bonds is 6. The zero-order chi connectivity index (χ0) is 20.4. The van der Waals surface area contributed by atoms with Crippen LogP contribution in [-0.2, 0) is 4.79 Å². The first kappa shape index (κ1) is 20.1. The van der Waals surface area contributed by atoms with Crippen molar-refractivity contribution in [2.45, 2.75) is 46.6 Å². The molecule has 0 aliphatic heterocycles. The molecule has 0 unspecified atom stereocenters. The number of nitrogens with one attached hydrogen (secondary N) is 1. The lowest BCUT2D eigenvalue weighted by Gasteiger charge is -2.15. The fourth-order valence-electron chi connectivity index (χ4n) is 3.19. The number of hydrogen-bond donors (Lipinski definition) is 1. The molecule has 0 spiro atoms. The predicted octanol–water partition coefficient (Wildman–Crippen LogP) is 5.09. The summed E-state index contributed by atoms with van der Waals surface area (Å²) >= 11 is 1.19. The van der Waals surface area contributed by atoms with Gasteiger partial charge >= 0.3 is 4.87 Å². The molecule has 0 fully saturated rings. The number of carbonyl (C=O) groups excluding carboxylic acids is 1. The maximum Gasteiger partial charge on any atom is 0.308 e. The zero-order valence-corrected chi connectivity index (χ0v) is 17.7. The second kappa shape index (κ2) is 8.19. The van der Waals surface area contributed by atoms with Crippen molar-refractivity contribution in [3.05, 3.63) is 57.2 Å². The van der Waals surface area contributed by atoms with Gasteiger partial charge < -0.3 is 10.1 Å². The van der Waals surface area contributed by atoms with Crippen molar-refractivity contribution in [2.24, 2.45) is 0 Å². The summed E-state index contributed by atoms with van der Waals surface area (Å²) in [5, 5.41) is 2.86. The van der Waals surface area contributed by atoms with Crippen molar-refractivity contribution in [1.29, 1.82) is 0 Å². The molecule has 0 saturated carbocycles. The highest BCUT2D eigenvalue weighted by atomic mass is 32.1. The van der Waals surface area contributed by atoms with Crippen LogP contribution in [0.15, 0.2) is 41.2 Å². The summed E-state index contributed by atoms with van der Waals surface area (Å²) in [4.78, 5) is 24.5. The Morgan fingerprint density at radius 1 is 1.14 bits per heavy atom. The van der Waals surface area contributed by atoms with Crippen LogP contribution in [0.3, 0.4) is 0 Å². The van der Waals surface area contributed by atoms with Crippen LogP contribution in [0.2, 0.25) is 0 Å². The predicted molar refractivity (Wildman–Crippen MR) is 116 cm³/mol. The molecule has 2 aromatic carbocycles. The van der Waals surface area contributed by atoms with E-state index in [-0.39, 0.29) is 23.4 Å². The SMILES string of the molecule is Cc1ccc(C(C)C)c(OCC(=O)Nc2ccc3c(c2)sc(=O)n3C(C)C)c1. The van der Waals surface area contributed by atoms with Gasteiger partial charge in [-0.15, -0.1) is 0 Å². The average Bonchev–Trinajstić information content (AvgIpc) is 2.94. The van der Waals surface area contributed by atoms with E-state index in [0.29, 0.717) is 11.6 Å². The molecule has 1 amide bonds. The largest absolute Gasteiger partial charge is 0.483 e. The third-order valence-electron chi connectivity index (χ3n) is 4.56. The third-order valence-corrected chi connectivity index (χ3v) is 5.48. The van der Waals surface area contributed by atoms with Gasteiger partial charge in [-0.2, -0.15) is 0 Å². The smallest absolute Gasteiger partial charge is 0.308 e. The lowest BCUT2D eigenvalue weighted by Crippen LogP contribution is -2.20. The number of carbonyl (C=O) groups is 1. The van der Waals surface area contributed by atoms with Gasteiger partial charge in [-0.3, -0.25) is 14.2 Å². The van der Waals surface area contributed by atoms with E-state index in [4.69, 9.17) is 4.74 Å². The molecule has 1 heterocycles. The van der Waals surface area contributed by atoms with Gasteiger partial charge in [0.25, 0.3) is 5.91 Å². The quantitative estimate of drug-likeness (QED) is 0.629. The van der Waals surface area contributed by atoms with Crippen LogP contribution in [-0.4, -0.2) is 17.1 Å². The van der Waals surface area contributed by atoms with Gasteiger partial charge in [-0.05, 0) is 62.1 Å². The number of thiazole rings is 1. The minimum Gasteiger partial charge on any atom is -0.483 e. The summed E-state index contributed by atoms with van der Waals surface area (Å²) < 4.78 is 8.42. The van der Waals surface area contributed by atoms with Gasteiger partial charge in [0.05, 0.1) is 10.2 Å². The highest BCUT2D eigenvalue weighted by Crippen LogP contribution is 2.28. The minimum atomic E-state index is -0.230. The van der Waals surface area contributed by atoms with Crippen LogP contribution in [0.4, 0.5) is 5.69 Å². The van der Waals surface area contributed by atoms with E-state index in [1.54, 1.807) is 4.57 Å². The number of anilines is 1. The van der Waals surface area contributed by atoms with E-state index in [1.807, 2.05) is 57.2 Å². The molecule has 0 saturated heterocycles. The van der Waals surface area contributed by atoms with E-state index in [9.17, 15) is 9.59 Å². The molecule has 5 nitrogen and oxygen atoms in total. The van der Waals surface area contributed by atoms with Gasteiger partial charge in [-0.25, -0.2) is 0 Å². The molecule has 1 aromatic heterocycles. The van der Waals surface area contributed by atoms with Crippen LogP contribution < -0.4 is 14.9 Å². The summed E-state index contributed by atoms with van der Waals surface area (Å²) in [5.74, 6) is 0.827. The third kappa shape index (κ3) is 4.28. The van der Waals surface area contributed by atoms with Crippen LogP contribution in [0, 0.1) is 6.92 Å². The number of fused-ring (bicyclic) bond motifs is 1. The Labute approximate surface area is 169 Å². The van der Waals surface area contributed by atoms with Gasteiger partial charge in [-0.1, -0.05) is 37.3 Å². The minimum absolute atomic E-state index is 0.0115. The standard InChI is InChI=1S/C22H26N2O3S/c1-13(2)17-8-6-15(5)10-19(17)27-12-21(25)23-16-7-9-18-20(11-16)28-22(26)24(18)14(3)4/h6-11,13-14H,12H2,1-5H3,(H,23,25). The maximum absolute atomic E-state index is 12.4. The normalized spacial score (nSPS) is 11.4. The Morgan fingerprint density at radius 2 is 1.89 bits per heavy atom. The summed E-state index contributed by atoms with van der Waals surface area (Å²) in [6, 6.07) is 11.7. The topological polar surface area (TPSA) is 60.3 Å². The molecule has 0 radical (unpaired) electrons. The highest BCUT2D eigenvalue weighted by Gasteiger charge is 2.13. The zero-order valence-electron chi connectivity index (χ0n) is 16.9. The molecule has 3 aromatic rings. The maximum atomic E-state index is 12.4. The molecule has 6 heteroatoms. The second-order valence-electron chi connectivity index (χ2n) is 7.55. The number of nitrogens with zero attached hydrogens (tertiary/aromatic N) is 1. The van der Waals surface area contributed by atoms with E-state index >= 15 is 0 Å². The number of amides is 1. The number of hydrogen-bond acceptors (Lipinski definition) is 4. The number of aryl methyl sites for hydroxylation is 1. The van der Waals surface area contributed by atoms with Crippen LogP contribution in [0.5, 0.6) is 5.75 Å². The van der Waals surface area contributed by atoms with Crippen molar-refractivity contribution in [3.63, 3.8) is 0 Å². The Balaban J connectivity index is 1.72. The van der Waals surface area contributed by atoms with Crippen LogP contribution in [0.25, 0.3) is 10.2 Å². The molecule has 0 bridgehead atoms. The first-order valence-electron chi connectivity index (χ1n) is 9.44. The van der Waals surface area contributed by atoms with Crippen LogP contribution in [0.1, 0.15) is 50.8 Å². The molecule has 1 N–H and O–H groups in total. The fraction of sp³-hybridized carbons (Fsp3) is 0.364. The lowest BCUT2D eigenvalue weighted by molar-refractivity contribution is -0.118. The second-order valence-corrected chi connectivity index (χ2v) is 8.54. The molecular formula is C22H26N2O3S. The van der Waals surface area contributed by atoms with Gasteiger partial charge in [0, 0.05) is 11.7 Å². The number of aromatic nitrogens is 1. The summed E-state index contributed by atoms with van der Waals surface area (Å²) in [6.07, 6.45) is 0. The van der Waals surface area contributed by atoms with E-state index in [0.717, 1.165) is 27.1 Å². The molecular weight excluding hydrogens is 372 g/mol. The van der Waals surface area contributed by atoms with Crippen molar-refractivity contribution < 1.29 is 9.53 Å². The monoisotopic (exact) mass is 398 g/mol. The average molecular weight is 399 g/mol. The van der Waals surface area contributed by atoms with Gasteiger partial charge in [0.2, 0.25) is 0 Å². The summed E-state index contributed by atoms with van der Waals surface area (Å²) in [5.41, 5.74) is 3.72. The first-order valence-corrected chi connectivity index (χ1v) is 10.3. The Morgan fingerprint density at radius 3 is 2.57 bits per heavy atom. The van der Waals surface area contributed by atoms with Crippen molar-refractivity contribution in [2.75, 3.05) is 11.9 Å².